The van der Waals surface area contributed by atoms with Gasteiger partial charge in [0.05, 0.1) is 54.0 Å². The van der Waals surface area contributed by atoms with Gasteiger partial charge in [-0.15, -0.1) is 0 Å². The number of nitriles is 2. The van der Waals surface area contributed by atoms with Crippen LogP contribution in [0.4, 0.5) is 5.69 Å². The highest BCUT2D eigenvalue weighted by Gasteiger charge is 2.40. The molecule has 0 aliphatic carbocycles. The molecule has 1 aliphatic heterocycles. The van der Waals surface area contributed by atoms with E-state index in [1.54, 1.807) is 24.0 Å². The Morgan fingerprint density at radius 3 is 2.67 bits per heavy atom. The number of aliphatic carboxylic acids is 1. The number of pyridine rings is 1. The molecule has 0 radical (unpaired) electrons. The number of aryl methyl sites for hydroxylation is 1. The number of rotatable bonds is 5. The molecule has 1 aromatic heterocycles. The van der Waals surface area contributed by atoms with Crippen LogP contribution < -0.4 is 9.64 Å². The minimum Gasteiger partial charge on any atom is -0.496 e. The van der Waals surface area contributed by atoms with Gasteiger partial charge in [0.2, 0.25) is 5.88 Å². The summed E-state index contributed by atoms with van der Waals surface area (Å²) in [4.78, 5) is 18.1. The summed E-state index contributed by atoms with van der Waals surface area (Å²) in [5, 5.41) is 39.1. The summed E-state index contributed by atoms with van der Waals surface area (Å²) in [7, 11) is 1.44. The number of carbonyl (C=O) groups is 1. The van der Waals surface area contributed by atoms with Crippen molar-refractivity contribution in [2.45, 2.75) is 26.2 Å². The summed E-state index contributed by atoms with van der Waals surface area (Å²) >= 11 is 0. The van der Waals surface area contributed by atoms with Gasteiger partial charge in [0.15, 0.2) is 0 Å². The molecule has 1 unspecified atom stereocenters. The van der Waals surface area contributed by atoms with Gasteiger partial charge in [0, 0.05) is 24.0 Å². The van der Waals surface area contributed by atoms with Gasteiger partial charge in [-0.2, -0.15) is 10.5 Å². The first kappa shape index (κ1) is 20.7. The Morgan fingerprint density at radius 1 is 1.33 bits per heavy atom. The lowest BCUT2D eigenvalue weighted by atomic mass is 9.79. The predicted octanol–water partition coefficient (Wildman–Crippen LogP) is 3.20. The smallest absolute Gasteiger partial charge is 0.334 e. The first-order valence-electron chi connectivity index (χ1n) is 9.20. The van der Waals surface area contributed by atoms with Crippen molar-refractivity contribution in [3.8, 4) is 23.8 Å². The van der Waals surface area contributed by atoms with Crippen LogP contribution in [0.1, 0.15) is 41.5 Å². The van der Waals surface area contributed by atoms with Gasteiger partial charge < -0.3 is 19.8 Å². The van der Waals surface area contributed by atoms with Crippen LogP contribution in [0.2, 0.25) is 0 Å². The highest BCUT2D eigenvalue weighted by atomic mass is 16.5. The Labute approximate surface area is 173 Å². The molecule has 1 atom stereocenters. The van der Waals surface area contributed by atoms with Crippen LogP contribution in [0.25, 0.3) is 0 Å². The molecule has 0 bridgehead atoms. The van der Waals surface area contributed by atoms with E-state index < -0.39 is 11.9 Å². The first-order chi connectivity index (χ1) is 14.3. The molecule has 8 nitrogen and oxygen atoms in total. The number of hydrogen-bond acceptors (Lipinski definition) is 7. The van der Waals surface area contributed by atoms with Crippen LogP contribution >= 0.6 is 0 Å². The second kappa shape index (κ2) is 8.14. The van der Waals surface area contributed by atoms with Crippen molar-refractivity contribution in [1.82, 2.24) is 4.98 Å². The average Bonchev–Trinajstić information content (AvgIpc) is 2.74. The maximum atomic E-state index is 12.4. The van der Waals surface area contributed by atoms with Crippen molar-refractivity contribution in [2.24, 2.45) is 0 Å². The molecule has 1 aliphatic rings. The van der Waals surface area contributed by atoms with Gasteiger partial charge in [-0.3, -0.25) is 0 Å². The maximum absolute atomic E-state index is 12.4. The van der Waals surface area contributed by atoms with E-state index in [1.165, 1.54) is 19.4 Å². The summed E-state index contributed by atoms with van der Waals surface area (Å²) in [5.74, 6) is -1.98. The van der Waals surface area contributed by atoms with E-state index in [2.05, 4.69) is 11.1 Å². The van der Waals surface area contributed by atoms with Gasteiger partial charge in [-0.05, 0) is 31.5 Å². The highest BCUT2D eigenvalue weighted by molar-refractivity contribution is 5.94. The zero-order valence-electron chi connectivity index (χ0n) is 16.8. The van der Waals surface area contributed by atoms with Gasteiger partial charge in [-0.25, -0.2) is 9.78 Å². The number of hydrogen-bond donors (Lipinski definition) is 2. The fraction of sp³-hybridized carbons (Fsp3) is 0.273. The monoisotopic (exact) mass is 404 g/mol. The number of carboxylic acid groups (broad SMARTS) is 1. The zero-order valence-corrected chi connectivity index (χ0v) is 16.8. The van der Waals surface area contributed by atoms with Crippen molar-refractivity contribution in [3.05, 3.63) is 57.9 Å². The number of ether oxygens (including phenoxy) is 1. The molecule has 152 valence electrons. The predicted molar refractivity (Wildman–Crippen MR) is 108 cm³/mol. The summed E-state index contributed by atoms with van der Waals surface area (Å²) in [6, 6.07) is 8.86. The van der Waals surface area contributed by atoms with Crippen LogP contribution in [-0.4, -0.2) is 34.8 Å². The highest BCUT2D eigenvalue weighted by Crippen LogP contribution is 2.50. The van der Waals surface area contributed by atoms with Crippen LogP contribution in [0.3, 0.4) is 0 Å². The quantitative estimate of drug-likeness (QED) is 0.777. The SMILES string of the molecule is COc1cc(C#N)ccc1C1C(C(=O)O)=C(C)N(CCC#N)c2c(C)cnc(O)c21. The fourth-order valence-corrected chi connectivity index (χ4v) is 3.95. The van der Waals surface area contributed by atoms with Gasteiger partial charge in [-0.1, -0.05) is 6.07 Å². The molecule has 30 heavy (non-hydrogen) atoms. The maximum Gasteiger partial charge on any atom is 0.334 e. The Hall–Kier alpha value is -4.04. The van der Waals surface area contributed by atoms with Crippen molar-refractivity contribution < 1.29 is 19.7 Å². The second-order valence-electron chi connectivity index (χ2n) is 6.89. The minimum atomic E-state index is -1.16. The van der Waals surface area contributed by atoms with Crippen molar-refractivity contribution in [2.75, 3.05) is 18.6 Å². The number of aromatic hydroxyl groups is 1. The number of aromatic nitrogens is 1. The Bertz CT molecular complexity index is 1140. The lowest BCUT2D eigenvalue weighted by Crippen LogP contribution is -2.33. The van der Waals surface area contributed by atoms with E-state index >= 15 is 0 Å². The van der Waals surface area contributed by atoms with Gasteiger partial charge in [0.1, 0.15) is 5.75 Å². The topological polar surface area (TPSA) is 130 Å². The molecule has 0 saturated heterocycles. The Morgan fingerprint density at radius 2 is 2.07 bits per heavy atom. The third kappa shape index (κ3) is 3.29. The fourth-order valence-electron chi connectivity index (χ4n) is 3.95. The number of allylic oxidation sites excluding steroid dienone is 1. The summed E-state index contributed by atoms with van der Waals surface area (Å²) in [5.41, 5.74) is 3.07. The van der Waals surface area contributed by atoms with Crippen molar-refractivity contribution in [1.29, 1.82) is 10.5 Å². The number of carboxylic acids is 1. The molecular weight excluding hydrogens is 384 g/mol. The number of nitrogens with zero attached hydrogens (tertiary/aromatic N) is 4. The van der Waals surface area contributed by atoms with E-state index in [0.29, 0.717) is 33.8 Å². The second-order valence-corrected chi connectivity index (χ2v) is 6.89. The molecule has 1 aromatic carbocycles. The first-order valence-corrected chi connectivity index (χ1v) is 9.20. The molecule has 8 heteroatoms. The summed E-state index contributed by atoms with van der Waals surface area (Å²) in [6.07, 6.45) is 1.69. The van der Waals surface area contributed by atoms with E-state index in [0.717, 1.165) is 5.56 Å². The Balaban J connectivity index is 2.39. The summed E-state index contributed by atoms with van der Waals surface area (Å²) < 4.78 is 5.46. The third-order valence-electron chi connectivity index (χ3n) is 5.24. The van der Waals surface area contributed by atoms with Crippen LogP contribution in [0.5, 0.6) is 11.6 Å². The molecule has 3 rings (SSSR count). The van der Waals surface area contributed by atoms with E-state index in [1.807, 2.05) is 13.0 Å². The van der Waals surface area contributed by atoms with Crippen LogP contribution in [0.15, 0.2) is 35.7 Å². The lowest BCUT2D eigenvalue weighted by Gasteiger charge is -2.38. The number of fused-ring (bicyclic) bond motifs is 1. The van der Waals surface area contributed by atoms with E-state index in [9.17, 15) is 20.3 Å². The number of methoxy groups -OCH3 is 1. The van der Waals surface area contributed by atoms with Gasteiger partial charge >= 0.3 is 5.97 Å². The molecular formula is C22H20N4O4. The standard InChI is InChI=1S/C22H20N4O4/c1-12-11-25-21(27)19-18(15-6-5-14(10-24)9-16(15)30-3)17(22(28)29)13(2)26(20(12)19)8-4-7-23/h5-6,9,11,18H,4,8H2,1-3H3,(H,25,27)(H,28,29). The van der Waals surface area contributed by atoms with Crippen molar-refractivity contribution >= 4 is 11.7 Å². The molecule has 2 heterocycles. The molecule has 0 saturated carbocycles. The summed E-state index contributed by atoms with van der Waals surface area (Å²) in [6.45, 7) is 3.77. The lowest BCUT2D eigenvalue weighted by molar-refractivity contribution is -0.133. The molecule has 2 N–H and O–H groups in total. The molecule has 2 aromatic rings. The largest absolute Gasteiger partial charge is 0.496 e. The molecule has 0 amide bonds. The number of anilines is 1. The number of benzene rings is 1. The van der Waals surface area contributed by atoms with Crippen LogP contribution in [-0.2, 0) is 4.79 Å². The molecule has 0 spiro atoms. The minimum absolute atomic E-state index is 0.0474. The van der Waals surface area contributed by atoms with Crippen molar-refractivity contribution in [3.63, 3.8) is 0 Å². The third-order valence-corrected chi connectivity index (χ3v) is 5.24. The normalized spacial score (nSPS) is 15.2. The van der Waals surface area contributed by atoms with E-state index in [-0.39, 0.29) is 24.4 Å². The molecule has 0 fully saturated rings. The Kier molecular flexibility index (Phi) is 5.61. The van der Waals surface area contributed by atoms with Gasteiger partial charge in [0.25, 0.3) is 0 Å². The van der Waals surface area contributed by atoms with E-state index in [4.69, 9.17) is 10.00 Å². The zero-order chi connectivity index (χ0) is 22.0. The average molecular weight is 404 g/mol. The van der Waals surface area contributed by atoms with Crippen LogP contribution in [0, 0.1) is 29.6 Å².